The van der Waals surface area contributed by atoms with Crippen molar-refractivity contribution in [3.8, 4) is 0 Å². The van der Waals surface area contributed by atoms with E-state index in [1.54, 1.807) is 6.92 Å². The molecule has 0 saturated carbocycles. The molecular weight excluding hydrogens is 310 g/mol. The molecule has 0 aliphatic carbocycles. The molecule has 2 atom stereocenters. The van der Waals surface area contributed by atoms with Crippen molar-refractivity contribution in [3.05, 3.63) is 41.7 Å². The van der Waals surface area contributed by atoms with E-state index in [4.69, 9.17) is 5.84 Å². The number of aryl methyl sites for hydroxylation is 1. The maximum atomic E-state index is 12.3. The number of hydrogen-bond donors (Lipinski definition) is 2. The van der Waals surface area contributed by atoms with Crippen LogP contribution in [0.2, 0.25) is 0 Å². The first-order valence-electron chi connectivity index (χ1n) is 7.69. The van der Waals surface area contributed by atoms with Gasteiger partial charge in [0, 0.05) is 12.5 Å². The number of nitrogen functional groups attached to an aromatic ring is 1. The van der Waals surface area contributed by atoms with E-state index in [-0.39, 0.29) is 11.2 Å². The lowest BCUT2D eigenvalue weighted by Gasteiger charge is -2.18. The van der Waals surface area contributed by atoms with Gasteiger partial charge >= 0.3 is 0 Å². The highest BCUT2D eigenvalue weighted by molar-refractivity contribution is 8.00. The first kappa shape index (κ1) is 17.3. The van der Waals surface area contributed by atoms with E-state index in [1.165, 1.54) is 22.0 Å². The molecule has 7 heteroatoms. The van der Waals surface area contributed by atoms with Crippen LogP contribution >= 0.6 is 11.8 Å². The third-order valence-electron chi connectivity index (χ3n) is 3.77. The molecule has 1 aromatic carbocycles. The summed E-state index contributed by atoms with van der Waals surface area (Å²) in [5.74, 6) is 6.72. The van der Waals surface area contributed by atoms with Crippen molar-refractivity contribution in [2.45, 2.75) is 43.5 Å². The predicted octanol–water partition coefficient (Wildman–Crippen LogP) is 2.09. The van der Waals surface area contributed by atoms with Gasteiger partial charge < -0.3 is 11.2 Å². The molecule has 2 rings (SSSR count). The van der Waals surface area contributed by atoms with Gasteiger partial charge in [-0.05, 0) is 25.8 Å². The number of hydrogen-bond acceptors (Lipinski definition) is 5. The summed E-state index contributed by atoms with van der Waals surface area (Å²) in [6.07, 6.45) is 0.974. The SMILES string of the molecule is CC[C@H](CNC(=O)[C@H](C)Sc1nnc(C)n1N)c1ccccc1. The summed E-state index contributed by atoms with van der Waals surface area (Å²) in [5, 5.41) is 11.1. The summed E-state index contributed by atoms with van der Waals surface area (Å²) >= 11 is 1.31. The fourth-order valence-electron chi connectivity index (χ4n) is 2.23. The average molecular weight is 333 g/mol. The molecule has 23 heavy (non-hydrogen) atoms. The highest BCUT2D eigenvalue weighted by Gasteiger charge is 2.19. The number of amides is 1. The monoisotopic (exact) mass is 333 g/mol. The summed E-state index contributed by atoms with van der Waals surface area (Å²) in [5.41, 5.74) is 1.24. The van der Waals surface area contributed by atoms with Gasteiger partial charge in [-0.25, -0.2) is 4.68 Å². The van der Waals surface area contributed by atoms with Crippen LogP contribution in [0.1, 0.15) is 37.6 Å². The average Bonchev–Trinajstić information content (AvgIpc) is 2.88. The molecule has 6 nitrogen and oxygen atoms in total. The van der Waals surface area contributed by atoms with Gasteiger partial charge in [-0.15, -0.1) is 10.2 Å². The van der Waals surface area contributed by atoms with Crippen LogP contribution in [0.3, 0.4) is 0 Å². The lowest BCUT2D eigenvalue weighted by molar-refractivity contribution is -0.120. The van der Waals surface area contributed by atoms with E-state index in [2.05, 4.69) is 34.6 Å². The molecule has 0 aliphatic rings. The van der Waals surface area contributed by atoms with Gasteiger partial charge in [-0.2, -0.15) is 0 Å². The maximum absolute atomic E-state index is 12.3. The molecule has 1 aromatic heterocycles. The van der Waals surface area contributed by atoms with Gasteiger partial charge in [0.05, 0.1) is 5.25 Å². The number of carbonyl (C=O) groups is 1. The number of carbonyl (C=O) groups excluding carboxylic acids is 1. The Bertz CT molecular complexity index is 643. The predicted molar refractivity (Wildman–Crippen MR) is 92.7 cm³/mol. The van der Waals surface area contributed by atoms with Crippen LogP contribution in [0.25, 0.3) is 0 Å². The number of nitrogens with one attached hydrogen (secondary N) is 1. The number of nitrogens with zero attached hydrogens (tertiary/aromatic N) is 3. The normalized spacial score (nSPS) is 13.5. The van der Waals surface area contributed by atoms with Crippen molar-refractivity contribution in [2.75, 3.05) is 12.4 Å². The molecule has 0 aliphatic heterocycles. The Morgan fingerprint density at radius 1 is 1.35 bits per heavy atom. The van der Waals surface area contributed by atoms with Crippen molar-refractivity contribution in [1.29, 1.82) is 0 Å². The van der Waals surface area contributed by atoms with Crippen LogP contribution < -0.4 is 11.2 Å². The molecule has 0 saturated heterocycles. The molecule has 2 aromatic rings. The fraction of sp³-hybridized carbons (Fsp3) is 0.438. The van der Waals surface area contributed by atoms with Crippen LogP contribution in [0.4, 0.5) is 0 Å². The minimum Gasteiger partial charge on any atom is -0.355 e. The van der Waals surface area contributed by atoms with Gasteiger partial charge in [0.25, 0.3) is 0 Å². The van der Waals surface area contributed by atoms with Gasteiger partial charge in [0.1, 0.15) is 5.82 Å². The largest absolute Gasteiger partial charge is 0.355 e. The molecule has 0 fully saturated rings. The first-order chi connectivity index (χ1) is 11.0. The summed E-state index contributed by atoms with van der Waals surface area (Å²) in [6.45, 7) is 6.36. The van der Waals surface area contributed by atoms with Crippen molar-refractivity contribution in [1.82, 2.24) is 20.2 Å². The second-order valence-electron chi connectivity index (χ2n) is 5.42. The Labute approximate surface area is 140 Å². The van der Waals surface area contributed by atoms with Crippen LogP contribution in [0.5, 0.6) is 0 Å². The third kappa shape index (κ3) is 4.48. The second-order valence-corrected chi connectivity index (χ2v) is 6.73. The Balaban J connectivity index is 1.89. The number of aromatic nitrogens is 3. The Morgan fingerprint density at radius 3 is 2.61 bits per heavy atom. The zero-order valence-electron chi connectivity index (χ0n) is 13.7. The lowest BCUT2D eigenvalue weighted by Crippen LogP contribution is -2.34. The zero-order chi connectivity index (χ0) is 16.8. The first-order valence-corrected chi connectivity index (χ1v) is 8.57. The standard InChI is InChI=1S/C16H23N5OS/c1-4-13(14-8-6-5-7-9-14)10-18-15(22)11(2)23-16-20-19-12(3)21(16)17/h5-9,11,13H,4,10,17H2,1-3H3,(H,18,22)/t11-,13+/m0/s1. The Hall–Kier alpha value is -2.02. The van der Waals surface area contributed by atoms with Crippen molar-refractivity contribution < 1.29 is 4.79 Å². The van der Waals surface area contributed by atoms with E-state index < -0.39 is 0 Å². The molecular formula is C16H23N5OS. The number of benzene rings is 1. The molecule has 124 valence electrons. The summed E-state index contributed by atoms with van der Waals surface area (Å²) < 4.78 is 1.40. The van der Waals surface area contributed by atoms with Crippen LogP contribution in [0.15, 0.2) is 35.5 Å². The molecule has 0 bridgehead atoms. The molecule has 0 radical (unpaired) electrons. The molecule has 1 amide bonds. The Morgan fingerprint density at radius 2 is 2.04 bits per heavy atom. The number of rotatable bonds is 7. The maximum Gasteiger partial charge on any atom is 0.233 e. The third-order valence-corrected chi connectivity index (χ3v) is 4.83. The Kier molecular flexibility index (Phi) is 6.04. The highest BCUT2D eigenvalue weighted by atomic mass is 32.2. The van der Waals surface area contributed by atoms with Crippen molar-refractivity contribution in [2.24, 2.45) is 0 Å². The van der Waals surface area contributed by atoms with Crippen LogP contribution in [-0.4, -0.2) is 32.6 Å². The van der Waals surface area contributed by atoms with Crippen molar-refractivity contribution >= 4 is 17.7 Å². The lowest BCUT2D eigenvalue weighted by atomic mass is 9.96. The number of thioether (sulfide) groups is 1. The van der Waals surface area contributed by atoms with E-state index in [0.717, 1.165) is 6.42 Å². The quantitative estimate of drug-likeness (QED) is 0.598. The molecule has 0 unspecified atom stereocenters. The molecule has 1 heterocycles. The summed E-state index contributed by atoms with van der Waals surface area (Å²) in [6, 6.07) is 10.2. The van der Waals surface area contributed by atoms with E-state index >= 15 is 0 Å². The molecule has 3 N–H and O–H groups in total. The second kappa shape index (κ2) is 8.01. The van der Waals surface area contributed by atoms with Crippen molar-refractivity contribution in [3.63, 3.8) is 0 Å². The minimum absolute atomic E-state index is 0.0231. The molecule has 0 spiro atoms. The smallest absolute Gasteiger partial charge is 0.233 e. The minimum atomic E-state index is -0.283. The van der Waals surface area contributed by atoms with Gasteiger partial charge in [0.2, 0.25) is 11.1 Å². The zero-order valence-corrected chi connectivity index (χ0v) is 14.5. The number of nitrogens with two attached hydrogens (primary N) is 1. The van der Waals surface area contributed by atoms with E-state index in [1.807, 2.05) is 25.1 Å². The summed E-state index contributed by atoms with van der Waals surface area (Å²) in [4.78, 5) is 12.3. The van der Waals surface area contributed by atoms with Gasteiger partial charge in [-0.1, -0.05) is 49.0 Å². The van der Waals surface area contributed by atoms with E-state index in [0.29, 0.717) is 23.4 Å². The van der Waals surface area contributed by atoms with Crippen LogP contribution in [0, 0.1) is 6.92 Å². The summed E-state index contributed by atoms with van der Waals surface area (Å²) in [7, 11) is 0. The van der Waals surface area contributed by atoms with E-state index in [9.17, 15) is 4.79 Å². The van der Waals surface area contributed by atoms with Crippen LogP contribution in [-0.2, 0) is 4.79 Å². The van der Waals surface area contributed by atoms with Gasteiger partial charge in [-0.3, -0.25) is 4.79 Å². The topological polar surface area (TPSA) is 85.8 Å². The fourth-order valence-corrected chi connectivity index (χ4v) is 3.07. The van der Waals surface area contributed by atoms with Gasteiger partial charge in [0.15, 0.2) is 0 Å². The highest BCUT2D eigenvalue weighted by Crippen LogP contribution is 2.21.